The molecule has 0 bridgehead atoms. The summed E-state index contributed by atoms with van der Waals surface area (Å²) < 4.78 is 5.27. The summed E-state index contributed by atoms with van der Waals surface area (Å²) >= 11 is 7.38. The summed E-state index contributed by atoms with van der Waals surface area (Å²) in [6, 6.07) is 16.3. The van der Waals surface area contributed by atoms with Gasteiger partial charge in [0.05, 0.1) is 32.2 Å². The van der Waals surface area contributed by atoms with Gasteiger partial charge in [-0.15, -0.1) is 10.2 Å². The molecule has 1 atom stereocenters. The first-order valence-electron chi connectivity index (χ1n) is 12.0. The molecule has 10 heteroatoms. The Bertz CT molecular complexity index is 1290. The summed E-state index contributed by atoms with van der Waals surface area (Å²) in [6.45, 7) is 2.72. The van der Waals surface area contributed by atoms with Crippen molar-refractivity contribution in [2.24, 2.45) is 0 Å². The third-order valence-corrected chi connectivity index (χ3v) is 8.48. The first-order valence-corrected chi connectivity index (χ1v) is 13.2. The molecule has 3 fully saturated rings. The van der Waals surface area contributed by atoms with Gasteiger partial charge < -0.3 is 9.64 Å². The predicted molar refractivity (Wildman–Crippen MR) is 138 cm³/mol. The molecule has 0 aliphatic carbocycles. The Morgan fingerprint density at radius 2 is 1.78 bits per heavy atom. The summed E-state index contributed by atoms with van der Waals surface area (Å²) in [6.07, 6.45) is 1.71. The summed E-state index contributed by atoms with van der Waals surface area (Å²) in [5, 5.41) is 10.7. The Morgan fingerprint density at radius 3 is 2.47 bits per heavy atom. The number of anilines is 2. The van der Waals surface area contributed by atoms with Crippen LogP contribution in [0.1, 0.15) is 22.6 Å². The van der Waals surface area contributed by atoms with E-state index in [-0.39, 0.29) is 18.2 Å². The Kier molecular flexibility index (Phi) is 6.03. The molecule has 3 saturated heterocycles. The molecule has 0 saturated carbocycles. The van der Waals surface area contributed by atoms with Gasteiger partial charge >= 0.3 is 0 Å². The van der Waals surface area contributed by atoms with Crippen LogP contribution in [0, 0.1) is 0 Å². The number of rotatable bonds is 8. The van der Waals surface area contributed by atoms with Crippen molar-refractivity contribution in [2.45, 2.75) is 37.4 Å². The number of amides is 2. The van der Waals surface area contributed by atoms with Crippen molar-refractivity contribution in [3.8, 4) is 0 Å². The molecule has 1 spiro atoms. The van der Waals surface area contributed by atoms with Crippen LogP contribution >= 0.6 is 22.9 Å². The van der Waals surface area contributed by atoms with E-state index in [0.717, 1.165) is 43.3 Å². The number of ether oxygens (including phenoxy) is 1. The van der Waals surface area contributed by atoms with Gasteiger partial charge in [-0.1, -0.05) is 47.2 Å². The SMILES string of the molecule is CN(Cc1ccc(N2C[C@]3(CC2=O)C(=O)N3c2nnc(CCc3ccc(Cl)cc3)s2)cc1)C1COC1. The maximum atomic E-state index is 12.9. The van der Waals surface area contributed by atoms with E-state index in [9.17, 15) is 9.59 Å². The van der Waals surface area contributed by atoms with Gasteiger partial charge in [0.25, 0.3) is 5.91 Å². The fraction of sp³-hybridized carbons (Fsp3) is 0.385. The number of hydrogen-bond acceptors (Lipinski definition) is 7. The Hall–Kier alpha value is -2.85. The maximum Gasteiger partial charge on any atom is 0.258 e. The van der Waals surface area contributed by atoms with E-state index >= 15 is 0 Å². The highest BCUT2D eigenvalue weighted by atomic mass is 35.5. The molecule has 1 aromatic heterocycles. The van der Waals surface area contributed by atoms with Crippen LogP contribution in [-0.2, 0) is 33.7 Å². The zero-order valence-corrected chi connectivity index (χ0v) is 21.5. The van der Waals surface area contributed by atoms with E-state index in [1.807, 2.05) is 48.5 Å². The van der Waals surface area contributed by atoms with E-state index in [1.54, 1.807) is 9.80 Å². The smallest absolute Gasteiger partial charge is 0.258 e. The number of carbonyl (C=O) groups excluding carboxylic acids is 2. The van der Waals surface area contributed by atoms with Crippen molar-refractivity contribution in [1.82, 2.24) is 15.1 Å². The van der Waals surface area contributed by atoms with Gasteiger partial charge in [-0.25, -0.2) is 0 Å². The number of likely N-dealkylation sites (N-methyl/N-ethyl adjacent to an activating group) is 1. The van der Waals surface area contributed by atoms with Crippen molar-refractivity contribution in [2.75, 3.05) is 36.6 Å². The summed E-state index contributed by atoms with van der Waals surface area (Å²) in [5.41, 5.74) is 2.34. The van der Waals surface area contributed by atoms with Gasteiger partial charge in [0.15, 0.2) is 5.54 Å². The van der Waals surface area contributed by atoms with Crippen LogP contribution in [0.25, 0.3) is 0 Å². The average Bonchev–Trinajstić information content (AvgIpc) is 3.14. The van der Waals surface area contributed by atoms with Crippen molar-refractivity contribution in [1.29, 1.82) is 0 Å². The molecule has 186 valence electrons. The maximum absolute atomic E-state index is 12.9. The van der Waals surface area contributed by atoms with Gasteiger partial charge in [0.2, 0.25) is 11.0 Å². The van der Waals surface area contributed by atoms with Crippen LogP contribution in [0.4, 0.5) is 10.8 Å². The highest BCUT2D eigenvalue weighted by molar-refractivity contribution is 7.15. The Labute approximate surface area is 218 Å². The lowest BCUT2D eigenvalue weighted by Gasteiger charge is -2.34. The van der Waals surface area contributed by atoms with Crippen LogP contribution in [0.3, 0.4) is 0 Å². The van der Waals surface area contributed by atoms with Crippen LogP contribution in [-0.4, -0.2) is 65.3 Å². The van der Waals surface area contributed by atoms with Gasteiger partial charge in [0.1, 0.15) is 5.01 Å². The zero-order valence-electron chi connectivity index (χ0n) is 19.9. The summed E-state index contributed by atoms with van der Waals surface area (Å²) in [5.74, 6) is -0.102. The first kappa shape index (κ1) is 23.5. The molecule has 4 heterocycles. The van der Waals surface area contributed by atoms with E-state index in [0.29, 0.717) is 22.7 Å². The van der Waals surface area contributed by atoms with Crippen LogP contribution in [0.2, 0.25) is 5.02 Å². The molecular weight excluding hydrogens is 498 g/mol. The first-order chi connectivity index (χ1) is 17.4. The lowest BCUT2D eigenvalue weighted by molar-refractivity contribution is -0.118. The highest BCUT2D eigenvalue weighted by Crippen LogP contribution is 2.48. The molecule has 6 rings (SSSR count). The second kappa shape index (κ2) is 9.23. The summed E-state index contributed by atoms with van der Waals surface area (Å²) in [4.78, 5) is 31.5. The van der Waals surface area contributed by atoms with Crippen LogP contribution in [0.5, 0.6) is 0 Å². The molecule has 3 aromatic rings. The molecule has 3 aliphatic rings. The third kappa shape index (κ3) is 4.30. The number of hydrogen-bond donors (Lipinski definition) is 0. The quantitative estimate of drug-likeness (QED) is 0.421. The van der Waals surface area contributed by atoms with Gasteiger partial charge in [0, 0.05) is 23.7 Å². The molecule has 36 heavy (non-hydrogen) atoms. The Balaban J connectivity index is 1.09. The van der Waals surface area contributed by atoms with Crippen LogP contribution < -0.4 is 9.80 Å². The molecule has 2 aromatic carbocycles. The Morgan fingerprint density at radius 1 is 1.06 bits per heavy atom. The minimum absolute atomic E-state index is 0.0465. The van der Waals surface area contributed by atoms with Gasteiger partial charge in [-0.3, -0.25) is 19.4 Å². The standard InChI is InChI=1S/C26H26ClN5O3S/c1-30(21-14-35-15-21)13-18-4-9-20(10-5-18)31-16-26(12-23(31)33)24(34)32(26)25-29-28-22(36-25)11-6-17-2-7-19(27)8-3-17/h2-5,7-10,21H,6,11-16H2,1H3/t26-,32?/m1/s1. The van der Waals surface area contributed by atoms with E-state index in [4.69, 9.17) is 16.3 Å². The van der Waals surface area contributed by atoms with Crippen molar-refractivity contribution >= 4 is 45.6 Å². The number of nitrogens with zero attached hydrogens (tertiary/aromatic N) is 5. The summed E-state index contributed by atoms with van der Waals surface area (Å²) in [7, 11) is 2.10. The number of carbonyl (C=O) groups is 2. The van der Waals surface area contributed by atoms with Gasteiger partial charge in [-0.2, -0.15) is 0 Å². The average molecular weight is 524 g/mol. The fourth-order valence-corrected chi connectivity index (χ4v) is 5.91. The van der Waals surface area contributed by atoms with Gasteiger partial charge in [-0.05, 0) is 48.9 Å². The monoisotopic (exact) mass is 523 g/mol. The van der Waals surface area contributed by atoms with Crippen molar-refractivity contribution in [3.05, 3.63) is 69.7 Å². The molecule has 2 amide bonds. The molecular formula is C26H26ClN5O3S. The van der Waals surface area contributed by atoms with Crippen LogP contribution in [0.15, 0.2) is 48.5 Å². The largest absolute Gasteiger partial charge is 0.378 e. The third-order valence-electron chi connectivity index (χ3n) is 7.26. The second-order valence-electron chi connectivity index (χ2n) is 9.71. The topological polar surface area (TPSA) is 78.6 Å². The zero-order chi connectivity index (χ0) is 24.9. The van der Waals surface area contributed by atoms with Crippen molar-refractivity contribution < 1.29 is 14.3 Å². The van der Waals surface area contributed by atoms with E-state index in [1.165, 1.54) is 22.5 Å². The minimum Gasteiger partial charge on any atom is -0.378 e. The normalized spacial score (nSPS) is 21.6. The molecule has 0 radical (unpaired) electrons. The lowest BCUT2D eigenvalue weighted by Crippen LogP contribution is -2.46. The second-order valence-corrected chi connectivity index (χ2v) is 11.2. The molecule has 0 unspecified atom stereocenters. The number of halogens is 1. The number of aromatic nitrogens is 2. The predicted octanol–water partition coefficient (Wildman–Crippen LogP) is 3.33. The molecule has 3 aliphatic heterocycles. The van der Waals surface area contributed by atoms with E-state index < -0.39 is 5.54 Å². The van der Waals surface area contributed by atoms with Crippen molar-refractivity contribution in [3.63, 3.8) is 0 Å². The number of aryl methyl sites for hydroxylation is 2. The van der Waals surface area contributed by atoms with E-state index in [2.05, 4.69) is 22.1 Å². The minimum atomic E-state index is -0.826. The highest BCUT2D eigenvalue weighted by Gasteiger charge is 2.70. The lowest BCUT2D eigenvalue weighted by atomic mass is 10.1. The number of benzene rings is 2. The molecule has 0 N–H and O–H groups in total. The molecule has 8 nitrogen and oxygen atoms in total. The fourth-order valence-electron chi connectivity index (χ4n) is 4.86.